The van der Waals surface area contributed by atoms with Crippen molar-refractivity contribution in [3.05, 3.63) is 358 Å². The van der Waals surface area contributed by atoms with Gasteiger partial charge in [-0.3, -0.25) is 0 Å². The van der Waals surface area contributed by atoms with Crippen LogP contribution < -0.4 is 19.6 Å². The molecule has 1 aliphatic carbocycles. The monoisotopic (exact) mass is 1170 g/mol. The Kier molecular flexibility index (Phi) is 16.4. The van der Waals surface area contributed by atoms with Crippen molar-refractivity contribution in [3.8, 4) is 0 Å². The Bertz CT molecular complexity index is 3580. The molecule has 1 aliphatic rings. The zero-order valence-electron chi connectivity index (χ0n) is 53.3. The summed E-state index contributed by atoms with van der Waals surface area (Å²) in [5.74, 6) is 0. The van der Waals surface area contributed by atoms with E-state index in [2.05, 4.69) is 366 Å². The topological polar surface area (TPSA) is 13.0 Å². The van der Waals surface area contributed by atoms with Crippen LogP contribution in [0.1, 0.15) is 92.4 Å². The maximum atomic E-state index is 2.44. The van der Waals surface area contributed by atoms with Gasteiger partial charge in [0.15, 0.2) is 0 Å². The van der Waals surface area contributed by atoms with Crippen molar-refractivity contribution in [3.63, 3.8) is 0 Å². The van der Waals surface area contributed by atoms with Crippen molar-refractivity contribution in [1.29, 1.82) is 0 Å². The Morgan fingerprint density at radius 2 is 0.256 bits per heavy atom. The molecule has 0 unspecified atom stereocenters. The minimum atomic E-state index is -0.321. The molecule has 12 aromatic rings. The Morgan fingerprint density at radius 1 is 0.156 bits per heavy atom. The lowest BCUT2D eigenvalue weighted by Crippen LogP contribution is -2.41. The summed E-state index contributed by atoms with van der Waals surface area (Å²) in [7, 11) is 0. The van der Waals surface area contributed by atoms with Gasteiger partial charge >= 0.3 is 0 Å². The van der Waals surface area contributed by atoms with Gasteiger partial charge in [-0.2, -0.15) is 0 Å². The first-order valence-electron chi connectivity index (χ1n) is 32.0. The van der Waals surface area contributed by atoms with E-state index < -0.39 is 0 Å². The van der Waals surface area contributed by atoms with E-state index in [1.54, 1.807) is 0 Å². The molecular formula is C86H80N4. The summed E-state index contributed by atoms with van der Waals surface area (Å²) in [6.07, 6.45) is 3.69. The van der Waals surface area contributed by atoms with E-state index in [-0.39, 0.29) is 10.8 Å². The first-order valence-corrected chi connectivity index (χ1v) is 32.0. The normalized spacial score (nSPS) is 13.3. The molecule has 444 valence electrons. The number of nitrogens with zero attached hydrogens (tertiary/aromatic N) is 4. The van der Waals surface area contributed by atoms with Crippen LogP contribution >= 0.6 is 0 Å². The lowest BCUT2D eigenvalue weighted by molar-refractivity contribution is 0.257. The first kappa shape index (κ1) is 58.8. The second-order valence-corrected chi connectivity index (χ2v) is 25.4. The van der Waals surface area contributed by atoms with Crippen LogP contribution in [0.5, 0.6) is 0 Å². The number of rotatable bonds is 16. The molecule has 0 aromatic heterocycles. The molecule has 4 nitrogen and oxygen atoms in total. The summed E-state index contributed by atoms with van der Waals surface area (Å²) in [5.41, 5.74) is 28.2. The smallest absolute Gasteiger partial charge is 0.0461 e. The zero-order valence-corrected chi connectivity index (χ0v) is 53.3. The van der Waals surface area contributed by atoms with Crippen LogP contribution in [0.2, 0.25) is 0 Å². The molecule has 90 heavy (non-hydrogen) atoms. The Balaban J connectivity index is 0.945. The number of benzene rings is 12. The highest BCUT2D eigenvalue weighted by Crippen LogP contribution is 2.56. The molecule has 12 aromatic carbocycles. The number of hydrogen-bond acceptors (Lipinski definition) is 4. The molecule has 0 aliphatic heterocycles. The molecule has 0 amide bonds. The predicted octanol–water partition coefficient (Wildman–Crippen LogP) is 23.9. The molecule has 4 heteroatoms. The van der Waals surface area contributed by atoms with Crippen molar-refractivity contribution < 1.29 is 0 Å². The van der Waals surface area contributed by atoms with Gasteiger partial charge < -0.3 is 19.6 Å². The fourth-order valence-corrected chi connectivity index (χ4v) is 13.6. The van der Waals surface area contributed by atoms with Gasteiger partial charge in [-0.25, -0.2) is 0 Å². The number of anilines is 12. The minimum Gasteiger partial charge on any atom is -0.311 e. The Hall–Kier alpha value is -10.2. The fourth-order valence-electron chi connectivity index (χ4n) is 13.6. The summed E-state index contributed by atoms with van der Waals surface area (Å²) in [6, 6.07) is 110. The first-order chi connectivity index (χ1) is 43.8. The predicted molar refractivity (Wildman–Crippen MR) is 382 cm³/mol. The van der Waals surface area contributed by atoms with Crippen molar-refractivity contribution >= 4 is 68.2 Å². The second kappa shape index (κ2) is 25.1. The van der Waals surface area contributed by atoms with Crippen LogP contribution in [-0.4, -0.2) is 0 Å². The molecule has 1 fully saturated rings. The highest BCUT2D eigenvalue weighted by atomic mass is 15.2. The van der Waals surface area contributed by atoms with Gasteiger partial charge in [0.25, 0.3) is 0 Å². The van der Waals surface area contributed by atoms with Gasteiger partial charge in [0, 0.05) is 79.1 Å². The molecule has 0 spiro atoms. The maximum absolute atomic E-state index is 2.44. The molecule has 0 radical (unpaired) electrons. The minimum absolute atomic E-state index is 0.321. The summed E-state index contributed by atoms with van der Waals surface area (Å²) in [4.78, 5) is 9.58. The quantitative estimate of drug-likeness (QED) is 0.0956. The van der Waals surface area contributed by atoms with E-state index in [0.717, 1.165) is 93.9 Å². The molecule has 0 saturated heterocycles. The van der Waals surface area contributed by atoms with Crippen molar-refractivity contribution in [1.82, 2.24) is 0 Å². The van der Waals surface area contributed by atoms with Crippen LogP contribution in [0.15, 0.2) is 291 Å². The third kappa shape index (κ3) is 12.0. The average molecular weight is 1170 g/mol. The highest BCUT2D eigenvalue weighted by Gasteiger charge is 2.47. The van der Waals surface area contributed by atoms with Crippen LogP contribution in [0.3, 0.4) is 0 Å². The molecule has 0 atom stereocenters. The van der Waals surface area contributed by atoms with Crippen molar-refractivity contribution in [2.45, 2.75) is 91.9 Å². The summed E-state index contributed by atoms with van der Waals surface area (Å²) in [5, 5.41) is 0. The molecule has 0 heterocycles. The van der Waals surface area contributed by atoms with Crippen LogP contribution in [0.4, 0.5) is 68.2 Å². The van der Waals surface area contributed by atoms with Gasteiger partial charge in [0.1, 0.15) is 0 Å². The van der Waals surface area contributed by atoms with E-state index in [1.807, 2.05) is 0 Å². The molecular weight excluding hydrogens is 1090 g/mol. The van der Waals surface area contributed by atoms with Crippen LogP contribution in [0.25, 0.3) is 0 Å². The van der Waals surface area contributed by atoms with E-state index in [0.29, 0.717) is 0 Å². The fraction of sp³-hybridized carbons (Fsp3) is 0.163. The van der Waals surface area contributed by atoms with Gasteiger partial charge in [0.2, 0.25) is 0 Å². The molecule has 0 bridgehead atoms. The number of aryl methyl sites for hydroxylation is 8. The lowest BCUT2D eigenvalue weighted by Gasteiger charge is -2.48. The summed E-state index contributed by atoms with van der Waals surface area (Å²) in [6.45, 7) is 17.3. The van der Waals surface area contributed by atoms with Gasteiger partial charge in [-0.1, -0.05) is 190 Å². The average Bonchev–Trinajstić information content (AvgIpc) is 0.758. The Labute approximate surface area is 534 Å². The number of hydrogen-bond donors (Lipinski definition) is 0. The van der Waals surface area contributed by atoms with Gasteiger partial charge in [-0.05, 0) is 249 Å². The summed E-state index contributed by atoms with van der Waals surface area (Å²) >= 11 is 0. The second-order valence-electron chi connectivity index (χ2n) is 25.4. The zero-order chi connectivity index (χ0) is 61.9. The third-order valence-corrected chi connectivity index (χ3v) is 19.0. The maximum Gasteiger partial charge on any atom is 0.0461 e. The molecule has 0 N–H and O–H groups in total. The van der Waals surface area contributed by atoms with E-state index in [9.17, 15) is 0 Å². The van der Waals surface area contributed by atoms with Crippen LogP contribution in [-0.2, 0) is 10.8 Å². The summed E-state index contributed by atoms with van der Waals surface area (Å²) < 4.78 is 0. The van der Waals surface area contributed by atoms with E-state index in [1.165, 1.54) is 66.8 Å². The largest absolute Gasteiger partial charge is 0.311 e. The van der Waals surface area contributed by atoms with E-state index >= 15 is 0 Å². The Morgan fingerprint density at radius 3 is 0.367 bits per heavy atom. The van der Waals surface area contributed by atoms with Gasteiger partial charge in [0.05, 0.1) is 0 Å². The standard InChI is InChI=1S/C86H80N4/c1-61-9-33-73(34-10-61)87(74-35-11-62(2)12-36-74)81-49-25-69(26-50-81)85(70-27-51-82(52-28-70)88(75-37-13-63(3)14-38-75)76-39-15-64(4)16-40-76)57-59-86(60-58-85,71-29-53-83(54-30-71)89(77-41-17-65(5)18-42-77)78-43-19-66(6)20-44-78)72-31-55-84(56-32-72)90(79-45-21-67(7)22-46-79)80-47-23-68(8)24-48-80/h9-56H,57-60H2,1-8H3. The third-order valence-electron chi connectivity index (χ3n) is 19.0. The van der Waals surface area contributed by atoms with Crippen molar-refractivity contribution in [2.75, 3.05) is 19.6 Å². The van der Waals surface area contributed by atoms with E-state index in [4.69, 9.17) is 0 Å². The highest BCUT2D eigenvalue weighted by molar-refractivity contribution is 5.81. The van der Waals surface area contributed by atoms with Crippen molar-refractivity contribution in [2.24, 2.45) is 0 Å². The SMILES string of the molecule is Cc1ccc(N(c2ccc(C)cc2)c2ccc(C3(c4ccc(N(c5ccc(C)cc5)c5ccc(C)cc5)cc4)CCC(c4ccc(N(c5ccc(C)cc5)c5ccc(C)cc5)cc4)(c4ccc(N(c5ccc(C)cc5)c5ccc(C)cc5)cc4)CC3)cc2)cc1. The molecule has 1 saturated carbocycles. The molecule has 13 rings (SSSR count). The van der Waals surface area contributed by atoms with Gasteiger partial charge in [-0.15, -0.1) is 0 Å². The lowest BCUT2D eigenvalue weighted by atomic mass is 9.55. The van der Waals surface area contributed by atoms with Crippen LogP contribution in [0, 0.1) is 55.4 Å².